The number of ether oxygens (including phenoxy) is 1. The SMILES string of the molecule is COc1cccc(C2(O)CCNC2)c1Br. The van der Waals surface area contributed by atoms with Gasteiger partial charge in [-0.05, 0) is 35.0 Å². The fourth-order valence-electron chi connectivity index (χ4n) is 1.94. The van der Waals surface area contributed by atoms with E-state index in [0.717, 1.165) is 28.8 Å². The van der Waals surface area contributed by atoms with Crippen LogP contribution < -0.4 is 10.1 Å². The largest absolute Gasteiger partial charge is 0.496 e. The standard InChI is InChI=1S/C11H14BrNO2/c1-15-9-4-2-3-8(10(9)12)11(14)5-6-13-7-11/h2-4,13-14H,5-7H2,1H3. The van der Waals surface area contributed by atoms with Gasteiger partial charge in [-0.25, -0.2) is 0 Å². The molecule has 2 N–H and O–H groups in total. The van der Waals surface area contributed by atoms with Crippen molar-refractivity contribution in [3.8, 4) is 5.75 Å². The van der Waals surface area contributed by atoms with E-state index in [1.165, 1.54) is 0 Å². The molecule has 0 bridgehead atoms. The topological polar surface area (TPSA) is 41.5 Å². The summed E-state index contributed by atoms with van der Waals surface area (Å²) in [6.07, 6.45) is 0.735. The van der Waals surface area contributed by atoms with E-state index in [0.29, 0.717) is 6.54 Å². The van der Waals surface area contributed by atoms with Gasteiger partial charge in [0.25, 0.3) is 0 Å². The molecule has 1 aliphatic heterocycles. The molecule has 1 aliphatic rings. The number of methoxy groups -OCH3 is 1. The van der Waals surface area contributed by atoms with Crippen molar-refractivity contribution in [3.63, 3.8) is 0 Å². The summed E-state index contributed by atoms with van der Waals surface area (Å²) in [5, 5.41) is 13.6. The lowest BCUT2D eigenvalue weighted by Crippen LogP contribution is -2.28. The number of benzene rings is 1. The fraction of sp³-hybridized carbons (Fsp3) is 0.455. The Balaban J connectivity index is 2.43. The summed E-state index contributed by atoms with van der Waals surface area (Å²) in [7, 11) is 1.63. The summed E-state index contributed by atoms with van der Waals surface area (Å²) < 4.78 is 6.06. The first-order valence-electron chi connectivity index (χ1n) is 4.93. The van der Waals surface area contributed by atoms with Crippen LogP contribution in [0.3, 0.4) is 0 Å². The highest BCUT2D eigenvalue weighted by molar-refractivity contribution is 9.10. The Hall–Kier alpha value is -0.580. The molecule has 2 rings (SSSR count). The lowest BCUT2D eigenvalue weighted by atomic mass is 9.93. The maximum absolute atomic E-state index is 10.4. The van der Waals surface area contributed by atoms with Gasteiger partial charge in [-0.2, -0.15) is 0 Å². The normalized spacial score (nSPS) is 25.5. The molecule has 0 radical (unpaired) electrons. The van der Waals surface area contributed by atoms with Crippen molar-refractivity contribution >= 4 is 15.9 Å². The highest BCUT2D eigenvalue weighted by atomic mass is 79.9. The van der Waals surface area contributed by atoms with Crippen LogP contribution in [-0.4, -0.2) is 25.3 Å². The van der Waals surface area contributed by atoms with Gasteiger partial charge in [-0.15, -0.1) is 0 Å². The molecule has 15 heavy (non-hydrogen) atoms. The average molecular weight is 272 g/mol. The molecule has 4 heteroatoms. The summed E-state index contributed by atoms with van der Waals surface area (Å²) in [4.78, 5) is 0. The Bertz CT molecular complexity index is 362. The van der Waals surface area contributed by atoms with Gasteiger partial charge >= 0.3 is 0 Å². The molecule has 0 amide bonds. The van der Waals surface area contributed by atoms with Crippen molar-refractivity contribution in [2.24, 2.45) is 0 Å². The van der Waals surface area contributed by atoms with Gasteiger partial charge in [0, 0.05) is 12.1 Å². The van der Waals surface area contributed by atoms with Gasteiger partial charge in [0.05, 0.1) is 11.6 Å². The Morgan fingerprint density at radius 1 is 1.53 bits per heavy atom. The quantitative estimate of drug-likeness (QED) is 0.860. The molecule has 1 atom stereocenters. The zero-order valence-electron chi connectivity index (χ0n) is 8.59. The molecule has 1 heterocycles. The Labute approximate surface area is 97.6 Å². The Morgan fingerprint density at radius 2 is 2.33 bits per heavy atom. The van der Waals surface area contributed by atoms with Crippen molar-refractivity contribution in [2.75, 3.05) is 20.2 Å². The summed E-state index contributed by atoms with van der Waals surface area (Å²) in [6.45, 7) is 1.44. The zero-order chi connectivity index (χ0) is 10.9. The highest BCUT2D eigenvalue weighted by Gasteiger charge is 2.35. The van der Waals surface area contributed by atoms with Crippen LogP contribution in [0.25, 0.3) is 0 Å². The number of nitrogens with one attached hydrogen (secondary N) is 1. The van der Waals surface area contributed by atoms with Gasteiger partial charge in [0.1, 0.15) is 11.4 Å². The van der Waals surface area contributed by atoms with E-state index in [2.05, 4.69) is 21.2 Å². The molecule has 1 unspecified atom stereocenters. The van der Waals surface area contributed by atoms with Crippen molar-refractivity contribution in [1.82, 2.24) is 5.32 Å². The molecule has 1 fully saturated rings. The van der Waals surface area contributed by atoms with Gasteiger partial charge in [0.2, 0.25) is 0 Å². The predicted molar refractivity (Wildman–Crippen MR) is 62.1 cm³/mol. The number of rotatable bonds is 2. The van der Waals surface area contributed by atoms with Crippen molar-refractivity contribution in [1.29, 1.82) is 0 Å². The van der Waals surface area contributed by atoms with Crippen LogP contribution in [-0.2, 0) is 5.60 Å². The van der Waals surface area contributed by atoms with E-state index in [1.807, 2.05) is 18.2 Å². The first-order chi connectivity index (χ1) is 7.17. The average Bonchev–Trinajstić information content (AvgIpc) is 2.66. The predicted octanol–water partition coefficient (Wildman–Crippen LogP) is 1.64. The van der Waals surface area contributed by atoms with Crippen LogP contribution in [0.2, 0.25) is 0 Å². The molecule has 1 aromatic carbocycles. The monoisotopic (exact) mass is 271 g/mol. The van der Waals surface area contributed by atoms with Gasteiger partial charge in [-0.1, -0.05) is 12.1 Å². The summed E-state index contributed by atoms with van der Waals surface area (Å²) in [5.74, 6) is 0.757. The van der Waals surface area contributed by atoms with Gasteiger partial charge in [0.15, 0.2) is 0 Å². The number of aliphatic hydroxyl groups is 1. The molecule has 0 aromatic heterocycles. The molecule has 82 valence electrons. The van der Waals surface area contributed by atoms with E-state index in [-0.39, 0.29) is 0 Å². The van der Waals surface area contributed by atoms with Gasteiger partial charge < -0.3 is 15.2 Å². The molecule has 0 aliphatic carbocycles. The van der Waals surface area contributed by atoms with Crippen molar-refractivity contribution in [2.45, 2.75) is 12.0 Å². The number of halogens is 1. The lowest BCUT2D eigenvalue weighted by molar-refractivity contribution is 0.0577. The Kier molecular flexibility index (Phi) is 3.00. The molecule has 0 saturated carbocycles. The fourth-order valence-corrected chi connectivity index (χ4v) is 2.73. The van der Waals surface area contributed by atoms with E-state index < -0.39 is 5.60 Å². The number of β-amino-alcohol motifs (C(OH)–C–C–N with tert-alkyl or cyclic N) is 1. The first-order valence-corrected chi connectivity index (χ1v) is 5.73. The first kappa shape index (κ1) is 10.9. The minimum Gasteiger partial charge on any atom is -0.496 e. The molecular weight excluding hydrogens is 258 g/mol. The second kappa shape index (κ2) is 4.12. The summed E-state index contributed by atoms with van der Waals surface area (Å²) >= 11 is 3.47. The van der Waals surface area contributed by atoms with E-state index in [1.54, 1.807) is 7.11 Å². The second-order valence-electron chi connectivity index (χ2n) is 3.78. The minimum atomic E-state index is -0.770. The molecular formula is C11H14BrNO2. The van der Waals surface area contributed by atoms with Crippen LogP contribution in [0.15, 0.2) is 22.7 Å². The summed E-state index contributed by atoms with van der Waals surface area (Å²) in [5.41, 5.74) is 0.125. The van der Waals surface area contributed by atoms with E-state index >= 15 is 0 Å². The third-order valence-corrected chi connectivity index (χ3v) is 3.64. The molecule has 1 saturated heterocycles. The maximum atomic E-state index is 10.4. The lowest BCUT2D eigenvalue weighted by Gasteiger charge is -2.24. The third kappa shape index (κ3) is 1.89. The number of hydrogen-bond acceptors (Lipinski definition) is 3. The molecule has 0 spiro atoms. The van der Waals surface area contributed by atoms with Crippen molar-refractivity contribution < 1.29 is 9.84 Å². The zero-order valence-corrected chi connectivity index (χ0v) is 10.2. The summed E-state index contributed by atoms with van der Waals surface area (Å²) in [6, 6.07) is 5.70. The van der Waals surface area contributed by atoms with Gasteiger partial charge in [-0.3, -0.25) is 0 Å². The highest BCUT2D eigenvalue weighted by Crippen LogP contribution is 2.37. The number of hydrogen-bond donors (Lipinski definition) is 2. The second-order valence-corrected chi connectivity index (χ2v) is 4.57. The molecule has 1 aromatic rings. The van der Waals surface area contributed by atoms with Crippen LogP contribution in [0.4, 0.5) is 0 Å². The third-order valence-electron chi connectivity index (χ3n) is 2.82. The van der Waals surface area contributed by atoms with Crippen LogP contribution >= 0.6 is 15.9 Å². The van der Waals surface area contributed by atoms with E-state index in [4.69, 9.17) is 4.74 Å². The van der Waals surface area contributed by atoms with Crippen LogP contribution in [0.5, 0.6) is 5.75 Å². The molecule has 3 nitrogen and oxygen atoms in total. The van der Waals surface area contributed by atoms with Crippen LogP contribution in [0.1, 0.15) is 12.0 Å². The van der Waals surface area contributed by atoms with E-state index in [9.17, 15) is 5.11 Å². The van der Waals surface area contributed by atoms with Crippen molar-refractivity contribution in [3.05, 3.63) is 28.2 Å². The maximum Gasteiger partial charge on any atom is 0.133 e. The van der Waals surface area contributed by atoms with Crippen LogP contribution in [0, 0.1) is 0 Å². The minimum absolute atomic E-state index is 0.596. The Morgan fingerprint density at radius 3 is 2.93 bits per heavy atom. The smallest absolute Gasteiger partial charge is 0.133 e.